The number of H-pyrrole nitrogens is 2. The zero-order valence-corrected chi connectivity index (χ0v) is 25.8. The van der Waals surface area contributed by atoms with Crippen LogP contribution in [0.25, 0.3) is 11.0 Å². The Balaban J connectivity index is 1.22. The van der Waals surface area contributed by atoms with Gasteiger partial charge in [-0.05, 0) is 35.4 Å². The van der Waals surface area contributed by atoms with Gasteiger partial charge in [0.25, 0.3) is 5.91 Å². The molecule has 2 aliphatic heterocycles. The third kappa shape index (κ3) is 5.69. The van der Waals surface area contributed by atoms with Crippen molar-refractivity contribution in [1.29, 1.82) is 0 Å². The zero-order valence-electron chi connectivity index (χ0n) is 24.1. The lowest BCUT2D eigenvalue weighted by molar-refractivity contribution is -0.151. The van der Waals surface area contributed by atoms with Crippen molar-refractivity contribution in [3.63, 3.8) is 0 Å². The van der Waals surface area contributed by atoms with Crippen LogP contribution >= 0.6 is 23.5 Å². The minimum atomic E-state index is -1.42. The van der Waals surface area contributed by atoms with Crippen molar-refractivity contribution in [3.8, 4) is 5.75 Å². The number of phenols is 1. The standard InChI is InChI=1S/C28H24N8O9S2/c1-34-23(41)21(39)32-33-28(34)47-11-13-10-46-24-18(22(40)36(24)19(13)25(42)43)30-20(38)17(12-6-8-14(37)9-7-12)31-27(45)35-16-5-3-2-4-15(16)29-26(35)44/h2-9,17-18,24,37H,10-11H2,1H3,(H,29,44)(H,30,38)(H,31,45)(H,32,39)(H,42,43)/t17?,18?,24-/m0/s1. The van der Waals surface area contributed by atoms with Gasteiger partial charge in [-0.25, -0.2) is 24.0 Å². The Morgan fingerprint density at radius 1 is 1.11 bits per heavy atom. The van der Waals surface area contributed by atoms with E-state index in [4.69, 9.17) is 0 Å². The second kappa shape index (κ2) is 12.3. The normalized spacial score (nSPS) is 18.0. The lowest BCUT2D eigenvalue weighted by Crippen LogP contribution is -2.71. The quantitative estimate of drug-likeness (QED) is 0.0795. The highest BCUT2D eigenvalue weighted by Gasteiger charge is 2.54. The van der Waals surface area contributed by atoms with Crippen LogP contribution in [-0.2, 0) is 21.4 Å². The average Bonchev–Trinajstić information content (AvgIpc) is 3.40. The predicted molar refractivity (Wildman–Crippen MR) is 168 cm³/mol. The molecule has 0 bridgehead atoms. The molecule has 3 atom stereocenters. The van der Waals surface area contributed by atoms with E-state index >= 15 is 0 Å². The molecule has 2 aromatic carbocycles. The number of phenolic OH excluding ortho intramolecular Hbond substituents is 1. The predicted octanol–water partition coefficient (Wildman–Crippen LogP) is -0.353. The van der Waals surface area contributed by atoms with Crippen LogP contribution in [0.4, 0.5) is 4.79 Å². The van der Waals surface area contributed by atoms with Crippen molar-refractivity contribution in [3.05, 3.63) is 96.6 Å². The molecule has 0 aliphatic carbocycles. The van der Waals surface area contributed by atoms with E-state index in [1.807, 2.05) is 0 Å². The fourth-order valence-corrected chi connectivity index (χ4v) is 7.59. The molecule has 2 aliphatic rings. The molecular weight excluding hydrogens is 656 g/mol. The van der Waals surface area contributed by atoms with Crippen molar-refractivity contribution in [2.75, 3.05) is 11.5 Å². The van der Waals surface area contributed by atoms with Gasteiger partial charge < -0.3 is 25.8 Å². The highest BCUT2D eigenvalue weighted by molar-refractivity contribution is 8.01. The topological polar surface area (TPSA) is 242 Å². The van der Waals surface area contributed by atoms with Crippen LogP contribution in [0, 0.1) is 0 Å². The number of thioether (sulfide) groups is 2. The number of benzene rings is 2. The van der Waals surface area contributed by atoms with Crippen LogP contribution in [0.5, 0.6) is 5.75 Å². The number of imidazole rings is 1. The first-order valence-electron chi connectivity index (χ1n) is 13.7. The molecule has 1 saturated heterocycles. The molecule has 1 fully saturated rings. The molecule has 19 heteroatoms. The molecule has 4 aromatic rings. The Labute approximate surface area is 270 Å². The van der Waals surface area contributed by atoms with E-state index in [1.54, 1.807) is 24.3 Å². The number of aromatic amines is 2. The van der Waals surface area contributed by atoms with E-state index < -0.39 is 58.1 Å². The van der Waals surface area contributed by atoms with Gasteiger partial charge in [0.05, 0.1) is 11.0 Å². The minimum Gasteiger partial charge on any atom is -0.508 e. The summed E-state index contributed by atoms with van der Waals surface area (Å²) in [5, 5.41) is 30.2. The van der Waals surface area contributed by atoms with Gasteiger partial charge in [-0.1, -0.05) is 36.0 Å². The molecule has 6 N–H and O–H groups in total. The van der Waals surface area contributed by atoms with Crippen molar-refractivity contribution in [2.45, 2.75) is 22.6 Å². The van der Waals surface area contributed by atoms with E-state index in [-0.39, 0.29) is 39.2 Å². The monoisotopic (exact) mass is 680 g/mol. The maximum absolute atomic E-state index is 13.7. The summed E-state index contributed by atoms with van der Waals surface area (Å²) < 4.78 is 1.86. The second-order valence-electron chi connectivity index (χ2n) is 10.4. The Hall–Kier alpha value is -5.56. The first kappa shape index (κ1) is 31.4. The summed E-state index contributed by atoms with van der Waals surface area (Å²) in [5.41, 5.74) is -1.49. The van der Waals surface area contributed by atoms with Gasteiger partial charge in [0.2, 0.25) is 5.91 Å². The van der Waals surface area contributed by atoms with Crippen LogP contribution in [0.15, 0.2) is 79.3 Å². The number of carboxylic acid groups (broad SMARTS) is 1. The van der Waals surface area contributed by atoms with Gasteiger partial charge >= 0.3 is 28.8 Å². The van der Waals surface area contributed by atoms with Gasteiger partial charge in [-0.15, -0.1) is 16.9 Å². The van der Waals surface area contributed by atoms with Crippen LogP contribution in [0.1, 0.15) is 11.6 Å². The number of fused-ring (bicyclic) bond motifs is 2. The van der Waals surface area contributed by atoms with Gasteiger partial charge in [-0.2, -0.15) is 0 Å². The fraction of sp³-hybridized carbons (Fsp3) is 0.214. The number of carbonyl (C=O) groups is 4. The highest BCUT2D eigenvalue weighted by Crippen LogP contribution is 2.41. The SMILES string of the molecule is Cn1c(SCC2=C(C(=O)O)N3C(=O)C(NC(=O)C(NC(=O)n4c(=O)[nH]c5ccccc54)c4ccc(O)cc4)[C@@H]3SC2)n[nH]c(=O)c1=O. The third-order valence-corrected chi connectivity index (χ3v) is 9.97. The second-order valence-corrected chi connectivity index (χ2v) is 12.4. The van der Waals surface area contributed by atoms with Gasteiger partial charge in [0.1, 0.15) is 28.9 Å². The van der Waals surface area contributed by atoms with Crippen molar-refractivity contribution < 1.29 is 29.4 Å². The lowest BCUT2D eigenvalue weighted by atomic mass is 10.0. The molecule has 242 valence electrons. The summed E-state index contributed by atoms with van der Waals surface area (Å²) in [4.78, 5) is 92.3. The number of para-hydroxylation sites is 2. The summed E-state index contributed by atoms with van der Waals surface area (Å²) >= 11 is 2.21. The number of rotatable bonds is 8. The van der Waals surface area contributed by atoms with E-state index in [0.29, 0.717) is 11.1 Å². The van der Waals surface area contributed by atoms with E-state index in [1.165, 1.54) is 43.1 Å². The number of amides is 3. The average molecular weight is 681 g/mol. The largest absolute Gasteiger partial charge is 0.508 e. The molecule has 2 unspecified atom stereocenters. The third-order valence-electron chi connectivity index (χ3n) is 7.51. The number of carbonyl (C=O) groups excluding carboxylic acids is 3. The number of β-lactam (4-membered cyclic amide) rings is 1. The number of nitrogens with zero attached hydrogens (tertiary/aromatic N) is 4. The molecule has 47 heavy (non-hydrogen) atoms. The Bertz CT molecular complexity index is 2170. The van der Waals surface area contributed by atoms with Gasteiger partial charge in [-0.3, -0.25) is 28.6 Å². The molecule has 6 rings (SSSR count). The molecule has 4 heterocycles. The summed E-state index contributed by atoms with van der Waals surface area (Å²) in [6.07, 6.45) is 0. The molecule has 0 saturated carbocycles. The van der Waals surface area contributed by atoms with Crippen LogP contribution in [-0.4, -0.2) is 86.2 Å². The Morgan fingerprint density at radius 3 is 2.55 bits per heavy atom. The van der Waals surface area contributed by atoms with Crippen molar-refractivity contribution in [1.82, 2.24) is 39.8 Å². The maximum atomic E-state index is 13.7. The first-order chi connectivity index (χ1) is 22.5. The van der Waals surface area contributed by atoms with Gasteiger partial charge in [0.15, 0.2) is 5.16 Å². The maximum Gasteiger partial charge on any atom is 0.352 e. The lowest BCUT2D eigenvalue weighted by Gasteiger charge is -2.49. The van der Waals surface area contributed by atoms with E-state index in [9.17, 15) is 43.8 Å². The summed E-state index contributed by atoms with van der Waals surface area (Å²) in [7, 11) is 1.35. The summed E-state index contributed by atoms with van der Waals surface area (Å²) in [6, 6.07) is 8.35. The number of aromatic nitrogens is 5. The van der Waals surface area contributed by atoms with Crippen molar-refractivity contribution in [2.24, 2.45) is 7.05 Å². The minimum absolute atomic E-state index is 0.0383. The first-order valence-corrected chi connectivity index (χ1v) is 15.8. The molecule has 0 radical (unpaired) electrons. The number of aromatic hydroxyl groups is 1. The molecule has 17 nitrogen and oxygen atoms in total. The summed E-state index contributed by atoms with van der Waals surface area (Å²) in [5.74, 6) is -2.79. The molecule has 3 amide bonds. The molecule has 0 spiro atoms. The summed E-state index contributed by atoms with van der Waals surface area (Å²) in [6.45, 7) is 0. The number of carboxylic acids is 1. The van der Waals surface area contributed by atoms with Crippen LogP contribution in [0.3, 0.4) is 0 Å². The zero-order chi connectivity index (χ0) is 33.6. The number of nitrogens with one attached hydrogen (secondary N) is 4. The van der Waals surface area contributed by atoms with E-state index in [2.05, 4.69) is 25.8 Å². The number of aliphatic carboxylic acids is 1. The number of hydrogen-bond acceptors (Lipinski definition) is 11. The smallest absolute Gasteiger partial charge is 0.352 e. The Kier molecular flexibility index (Phi) is 8.24. The van der Waals surface area contributed by atoms with E-state index in [0.717, 1.165) is 25.8 Å². The fourth-order valence-electron chi connectivity index (χ4n) is 5.18. The number of hydrogen-bond donors (Lipinski definition) is 6. The van der Waals surface area contributed by atoms with Crippen LogP contribution < -0.4 is 27.4 Å². The van der Waals surface area contributed by atoms with Gasteiger partial charge in [0, 0.05) is 18.6 Å². The van der Waals surface area contributed by atoms with Crippen molar-refractivity contribution >= 4 is 58.4 Å². The Morgan fingerprint density at radius 2 is 1.83 bits per heavy atom. The molecule has 2 aromatic heterocycles. The molecular formula is C28H24N8O9S2. The van der Waals surface area contributed by atoms with Crippen LogP contribution in [0.2, 0.25) is 0 Å². The highest BCUT2D eigenvalue weighted by atomic mass is 32.2.